The number of benzene rings is 4. The second-order valence-electron chi connectivity index (χ2n) is 14.8. The summed E-state index contributed by atoms with van der Waals surface area (Å²) in [5.41, 5.74) is 1.81. The van der Waals surface area contributed by atoms with Crippen LogP contribution in [0.2, 0.25) is 0 Å². The first kappa shape index (κ1) is 44.1. The average Bonchev–Trinajstić information content (AvgIpc) is 3.26. The molecule has 0 saturated carbocycles. The summed E-state index contributed by atoms with van der Waals surface area (Å²) in [6, 6.07) is 39.0. The molecule has 14 heteroatoms. The minimum atomic E-state index is -1.60. The van der Waals surface area contributed by atoms with Gasteiger partial charge in [0.1, 0.15) is 17.3 Å². The van der Waals surface area contributed by atoms with Crippen molar-refractivity contribution in [3.8, 4) is 17.6 Å². The molecule has 1 unspecified atom stereocenters. The van der Waals surface area contributed by atoms with Crippen molar-refractivity contribution in [3.05, 3.63) is 154 Å². The van der Waals surface area contributed by atoms with E-state index in [0.29, 0.717) is 23.6 Å². The molecule has 1 saturated heterocycles. The van der Waals surface area contributed by atoms with E-state index in [9.17, 15) is 14.9 Å². The maximum Gasteiger partial charge on any atom is 0.351 e. The minimum Gasteiger partial charge on any atom is -0.497 e. The first-order valence-electron chi connectivity index (χ1n) is 20.0. The van der Waals surface area contributed by atoms with Crippen molar-refractivity contribution in [2.75, 3.05) is 45.8 Å². The highest BCUT2D eigenvalue weighted by Crippen LogP contribution is 2.48. The Labute approximate surface area is 353 Å². The number of anilines is 1. The molecule has 1 N–H and O–H groups in total. The Morgan fingerprint density at radius 3 is 1.95 bits per heavy atom. The molecule has 6 rings (SSSR count). The van der Waals surface area contributed by atoms with Gasteiger partial charge in [-0.05, 0) is 86.8 Å². The number of carbonyl (C=O) groups excluding carboxylic acids is 1. The lowest BCUT2D eigenvalue weighted by molar-refractivity contribution is -0.149. The summed E-state index contributed by atoms with van der Waals surface area (Å²) in [5, 5.41) is 12.1. The number of hydrogen-bond donors (Lipinski definition) is 1. The largest absolute Gasteiger partial charge is 0.497 e. The van der Waals surface area contributed by atoms with E-state index < -0.39 is 32.1 Å². The Kier molecular flexibility index (Phi) is 15.2. The van der Waals surface area contributed by atoms with E-state index in [4.69, 9.17) is 23.3 Å². The van der Waals surface area contributed by atoms with Crippen LogP contribution in [0, 0.1) is 11.3 Å². The van der Waals surface area contributed by atoms with Crippen LogP contribution >= 0.6 is 8.53 Å². The molecule has 1 fully saturated rings. The number of morpholine rings is 1. The molecule has 1 aliphatic rings. The zero-order valence-corrected chi connectivity index (χ0v) is 35.8. The Bertz CT molecular complexity index is 2180. The van der Waals surface area contributed by atoms with Crippen LogP contribution in [0.5, 0.6) is 11.5 Å². The van der Waals surface area contributed by atoms with Gasteiger partial charge < -0.3 is 28.6 Å². The third-order valence-corrected chi connectivity index (χ3v) is 12.4. The second-order valence-corrected chi connectivity index (χ2v) is 16.3. The topological polar surface area (TPSA) is 140 Å². The standard InChI is InChI=1S/C46H53N6O7P/c1-33(2)52(34(3)4)60(57-29-13-27-47)58-32-41-30-50(31-43(59-41)51-28-26-42(49-45(51)54)48-44(53)35-14-9-7-10-15-35)46(36-16-11-8-12-17-36,37-18-22-39(55-5)23-19-37)38-20-24-40(56-6)25-21-38/h7-12,14-26,28,33-34,41,43H,13,29-32H2,1-6H3,(H,48,49,53,54)/t41-,43+,60?/m0/s1. The summed E-state index contributed by atoms with van der Waals surface area (Å²) >= 11 is 0. The molecular weight excluding hydrogens is 780 g/mol. The van der Waals surface area contributed by atoms with E-state index in [1.54, 1.807) is 50.7 Å². The van der Waals surface area contributed by atoms with Gasteiger partial charge in [-0.25, -0.2) is 9.46 Å². The van der Waals surface area contributed by atoms with Crippen molar-refractivity contribution in [2.24, 2.45) is 0 Å². The Morgan fingerprint density at radius 2 is 1.42 bits per heavy atom. The van der Waals surface area contributed by atoms with E-state index in [2.05, 4.69) is 90.0 Å². The van der Waals surface area contributed by atoms with E-state index in [1.807, 2.05) is 48.5 Å². The first-order chi connectivity index (χ1) is 29.1. The maximum absolute atomic E-state index is 14.0. The molecule has 5 aromatic rings. The molecule has 3 atom stereocenters. The van der Waals surface area contributed by atoms with Gasteiger partial charge in [0.15, 0.2) is 6.23 Å². The second kappa shape index (κ2) is 20.7. The molecule has 2 heterocycles. The smallest absolute Gasteiger partial charge is 0.351 e. The number of methoxy groups -OCH3 is 2. The van der Waals surface area contributed by atoms with Crippen molar-refractivity contribution in [1.29, 1.82) is 5.26 Å². The Morgan fingerprint density at radius 1 is 0.850 bits per heavy atom. The first-order valence-corrected chi connectivity index (χ1v) is 21.1. The van der Waals surface area contributed by atoms with Crippen LogP contribution < -0.4 is 20.5 Å². The summed E-state index contributed by atoms with van der Waals surface area (Å²) in [6.45, 7) is 9.31. The fourth-order valence-electron chi connectivity index (χ4n) is 7.67. The van der Waals surface area contributed by atoms with Crippen LogP contribution in [-0.2, 0) is 19.3 Å². The van der Waals surface area contributed by atoms with Gasteiger partial charge in [-0.2, -0.15) is 10.2 Å². The zero-order valence-electron chi connectivity index (χ0n) is 34.9. The van der Waals surface area contributed by atoms with Crippen molar-refractivity contribution in [3.63, 3.8) is 0 Å². The van der Waals surface area contributed by atoms with Crippen molar-refractivity contribution in [2.45, 2.75) is 64.1 Å². The molecule has 1 aromatic heterocycles. The third-order valence-electron chi connectivity index (χ3n) is 10.3. The molecule has 4 aromatic carbocycles. The summed E-state index contributed by atoms with van der Waals surface area (Å²) in [4.78, 5) is 33.6. The quantitative estimate of drug-likeness (QED) is 0.0522. The summed E-state index contributed by atoms with van der Waals surface area (Å²) in [7, 11) is 1.69. The number of amides is 1. The Balaban J connectivity index is 1.46. The molecule has 1 aliphatic heterocycles. The third kappa shape index (κ3) is 10.1. The van der Waals surface area contributed by atoms with Gasteiger partial charge >= 0.3 is 5.69 Å². The maximum atomic E-state index is 14.0. The van der Waals surface area contributed by atoms with Crippen molar-refractivity contribution in [1.82, 2.24) is 19.1 Å². The molecule has 1 amide bonds. The lowest BCUT2D eigenvalue weighted by Crippen LogP contribution is -2.58. The molecule has 0 spiro atoms. The summed E-state index contributed by atoms with van der Waals surface area (Å²) < 4.78 is 34.6. The number of rotatable bonds is 18. The summed E-state index contributed by atoms with van der Waals surface area (Å²) in [6.07, 6.45) is 0.397. The fraction of sp³-hybridized carbons (Fsp3) is 0.348. The number of nitriles is 1. The summed E-state index contributed by atoms with van der Waals surface area (Å²) in [5.74, 6) is 1.16. The van der Waals surface area contributed by atoms with Gasteiger partial charge in [0, 0.05) is 36.9 Å². The number of aromatic nitrogens is 2. The predicted octanol–water partition coefficient (Wildman–Crippen LogP) is 8.00. The van der Waals surface area contributed by atoms with Gasteiger partial charge in [0.2, 0.25) is 0 Å². The minimum absolute atomic E-state index is 0.0936. The lowest BCUT2D eigenvalue weighted by Gasteiger charge is -2.50. The predicted molar refractivity (Wildman–Crippen MR) is 232 cm³/mol. The van der Waals surface area contributed by atoms with Crippen LogP contribution in [-0.4, -0.2) is 83.7 Å². The number of nitrogens with zero attached hydrogens (tertiary/aromatic N) is 5. The number of hydrogen-bond acceptors (Lipinski definition) is 11. The van der Waals surface area contributed by atoms with Gasteiger partial charge in [-0.15, -0.1) is 0 Å². The molecule has 0 aliphatic carbocycles. The van der Waals surface area contributed by atoms with Crippen molar-refractivity contribution >= 4 is 20.3 Å². The van der Waals surface area contributed by atoms with E-state index in [-0.39, 0.29) is 50.0 Å². The molecule has 60 heavy (non-hydrogen) atoms. The van der Waals surface area contributed by atoms with E-state index in [0.717, 1.165) is 16.7 Å². The van der Waals surface area contributed by atoms with Crippen LogP contribution in [0.4, 0.5) is 5.82 Å². The monoisotopic (exact) mass is 832 g/mol. The van der Waals surface area contributed by atoms with Gasteiger partial charge in [0.05, 0.1) is 51.6 Å². The van der Waals surface area contributed by atoms with E-state index in [1.165, 1.54) is 4.57 Å². The number of carbonyl (C=O) groups is 1. The molecule has 0 bridgehead atoms. The SMILES string of the molecule is COc1ccc(C(c2ccccc2)(c2ccc(OC)cc2)N2C[C@@H](COP(OCCC#N)N(C(C)C)C(C)C)O[C@@H](n3ccc(NC(=O)c4ccccc4)nc3=O)C2)cc1. The van der Waals surface area contributed by atoms with Crippen LogP contribution in [0.15, 0.2) is 126 Å². The van der Waals surface area contributed by atoms with Crippen molar-refractivity contribution < 1.29 is 28.1 Å². The van der Waals surface area contributed by atoms with Crippen LogP contribution in [0.25, 0.3) is 0 Å². The average molecular weight is 833 g/mol. The highest BCUT2D eigenvalue weighted by atomic mass is 31.2. The highest BCUT2D eigenvalue weighted by molar-refractivity contribution is 7.44. The number of nitrogens with one attached hydrogen (secondary N) is 1. The Hall–Kier alpha value is -5.45. The van der Waals surface area contributed by atoms with Gasteiger partial charge in [0.25, 0.3) is 14.4 Å². The van der Waals surface area contributed by atoms with Crippen LogP contribution in [0.1, 0.15) is 67.4 Å². The molecule has 13 nitrogen and oxygen atoms in total. The molecular formula is C46H53N6O7P. The number of ether oxygens (including phenoxy) is 3. The van der Waals surface area contributed by atoms with Gasteiger partial charge in [-0.3, -0.25) is 14.3 Å². The van der Waals surface area contributed by atoms with Gasteiger partial charge in [-0.1, -0.05) is 72.8 Å². The van der Waals surface area contributed by atoms with Crippen LogP contribution in [0.3, 0.4) is 0 Å². The lowest BCUT2D eigenvalue weighted by atomic mass is 9.75. The fourth-order valence-corrected chi connectivity index (χ4v) is 9.30. The zero-order chi connectivity index (χ0) is 42.6. The normalized spacial score (nSPS) is 16.4. The molecule has 0 radical (unpaired) electrons. The highest BCUT2D eigenvalue weighted by Gasteiger charge is 2.47. The molecule has 314 valence electrons. The van der Waals surface area contributed by atoms with E-state index >= 15 is 0 Å².